The van der Waals surface area contributed by atoms with Gasteiger partial charge in [0.05, 0.1) is 0 Å². The minimum absolute atomic E-state index is 1.37. The maximum Gasteiger partial charge on any atom is -0.0290 e. The Morgan fingerprint density at radius 2 is 1.25 bits per heavy atom. The molecule has 0 fully saturated rings. The Kier molecular flexibility index (Phi) is 11.8. The van der Waals surface area contributed by atoms with E-state index in [1.807, 2.05) is 0 Å². The molecule has 1 radical (unpaired) electrons. The van der Waals surface area contributed by atoms with Crippen LogP contribution in [0.15, 0.2) is 0 Å². The van der Waals surface area contributed by atoms with Gasteiger partial charge in [-0.3, -0.25) is 0 Å². The molecule has 0 aliphatic rings. The molecule has 0 saturated heterocycles. The lowest BCUT2D eigenvalue weighted by Crippen LogP contribution is -1.81. The van der Waals surface area contributed by atoms with E-state index in [0.717, 1.165) is 0 Å². The first kappa shape index (κ1) is 12.4. The summed E-state index contributed by atoms with van der Waals surface area (Å²) in [6.07, 6.45) is 13.0. The summed E-state index contributed by atoms with van der Waals surface area (Å²) in [6.45, 7) is 4.53. The predicted octanol–water partition coefficient (Wildman–Crippen LogP) is 4.70. The molecule has 12 heavy (non-hydrogen) atoms. The topological polar surface area (TPSA) is 0 Å². The van der Waals surface area contributed by atoms with Crippen LogP contribution in [0.5, 0.6) is 0 Å². The average Bonchev–Trinajstić information content (AvgIpc) is 2.10. The molecule has 0 unspecified atom stereocenters. The molecule has 73 valence electrons. The molecule has 0 saturated carbocycles. The Morgan fingerprint density at radius 3 is 1.75 bits per heavy atom. The van der Waals surface area contributed by atoms with E-state index in [1.54, 1.807) is 8.58 Å². The van der Waals surface area contributed by atoms with E-state index in [9.17, 15) is 0 Å². The van der Waals surface area contributed by atoms with E-state index in [4.69, 9.17) is 0 Å². The molecule has 0 aliphatic heterocycles. The van der Waals surface area contributed by atoms with Crippen LogP contribution in [0.4, 0.5) is 0 Å². The minimum Gasteiger partial charge on any atom is -0.0844 e. The van der Waals surface area contributed by atoms with Crippen molar-refractivity contribution in [2.24, 2.45) is 0 Å². The summed E-state index contributed by atoms with van der Waals surface area (Å²) in [5, 5.41) is 0. The van der Waals surface area contributed by atoms with Crippen molar-refractivity contribution in [3.63, 3.8) is 0 Å². The summed E-state index contributed by atoms with van der Waals surface area (Å²) in [6, 6.07) is 0. The Bertz CT molecular complexity index is 61.4. The highest BCUT2D eigenvalue weighted by atomic mass is 31.1. The van der Waals surface area contributed by atoms with Gasteiger partial charge in [0.15, 0.2) is 0 Å². The lowest BCUT2D eigenvalue weighted by atomic mass is 10.1. The Hall–Kier alpha value is 0.430. The summed E-state index contributed by atoms with van der Waals surface area (Å²) in [5.74, 6) is 0. The molecule has 0 bridgehead atoms. The van der Waals surface area contributed by atoms with E-state index in [2.05, 4.69) is 13.6 Å². The normalized spacial score (nSPS) is 11.5. The van der Waals surface area contributed by atoms with Gasteiger partial charge in [-0.05, 0) is 19.2 Å². The fraction of sp³-hybridized carbons (Fsp3) is 1.00. The van der Waals surface area contributed by atoms with Crippen LogP contribution in [0.2, 0.25) is 0 Å². The third-order valence-corrected chi connectivity index (χ3v) is 3.00. The summed E-state index contributed by atoms with van der Waals surface area (Å²) in [5.41, 5.74) is 0. The van der Waals surface area contributed by atoms with Gasteiger partial charge < -0.3 is 0 Å². The quantitative estimate of drug-likeness (QED) is 0.362. The third kappa shape index (κ3) is 10.4. The smallest absolute Gasteiger partial charge is 0.0290 e. The zero-order valence-electron chi connectivity index (χ0n) is 8.81. The van der Waals surface area contributed by atoms with Gasteiger partial charge in [-0.2, -0.15) is 0 Å². The van der Waals surface area contributed by atoms with Gasteiger partial charge in [-0.1, -0.05) is 60.5 Å². The highest BCUT2D eigenvalue weighted by Crippen LogP contribution is 2.11. The van der Waals surface area contributed by atoms with Gasteiger partial charge in [0.25, 0.3) is 0 Å². The Balaban J connectivity index is 2.73. The van der Waals surface area contributed by atoms with Gasteiger partial charge in [0, 0.05) is 0 Å². The summed E-state index contributed by atoms with van der Waals surface area (Å²) >= 11 is 0. The lowest BCUT2D eigenvalue weighted by molar-refractivity contribution is 0.586. The van der Waals surface area contributed by atoms with Crippen molar-refractivity contribution in [3.05, 3.63) is 0 Å². The number of hydrogen-bond acceptors (Lipinski definition) is 0. The molecule has 1 heteroatoms. The second-order valence-corrected chi connectivity index (χ2v) is 4.59. The average molecular weight is 187 g/mol. The Labute approximate surface area is 80.3 Å². The predicted molar refractivity (Wildman–Crippen MR) is 60.3 cm³/mol. The van der Waals surface area contributed by atoms with Gasteiger partial charge >= 0.3 is 0 Å². The van der Waals surface area contributed by atoms with Crippen LogP contribution < -0.4 is 0 Å². The van der Waals surface area contributed by atoms with E-state index in [1.165, 1.54) is 57.5 Å². The SMILES string of the molecule is CCCCCCCCCC[P]C. The molecule has 0 amide bonds. The zero-order valence-corrected chi connectivity index (χ0v) is 9.71. The molecule has 0 nitrogen and oxygen atoms in total. The molecule has 0 N–H and O–H groups in total. The Morgan fingerprint density at radius 1 is 0.750 bits per heavy atom. The first-order valence-corrected chi connectivity index (χ1v) is 7.00. The lowest BCUT2D eigenvalue weighted by Gasteiger charge is -1.99. The van der Waals surface area contributed by atoms with Crippen LogP contribution in [0.3, 0.4) is 0 Å². The van der Waals surface area contributed by atoms with Crippen molar-refractivity contribution in [2.45, 2.75) is 58.3 Å². The largest absolute Gasteiger partial charge is 0.0844 e. The summed E-state index contributed by atoms with van der Waals surface area (Å²) < 4.78 is 0. The van der Waals surface area contributed by atoms with Crippen LogP contribution in [0.1, 0.15) is 58.3 Å². The molecule has 0 aliphatic carbocycles. The molecule has 0 spiro atoms. The summed E-state index contributed by atoms with van der Waals surface area (Å²) in [7, 11) is 1.57. The van der Waals surface area contributed by atoms with Crippen molar-refractivity contribution in [2.75, 3.05) is 12.8 Å². The molecule has 0 atom stereocenters. The van der Waals surface area contributed by atoms with Crippen molar-refractivity contribution in [3.8, 4) is 0 Å². The van der Waals surface area contributed by atoms with E-state index < -0.39 is 0 Å². The highest BCUT2D eigenvalue weighted by molar-refractivity contribution is 7.36. The third-order valence-electron chi connectivity index (χ3n) is 2.24. The van der Waals surface area contributed by atoms with Gasteiger partial charge in [0.1, 0.15) is 0 Å². The maximum atomic E-state index is 2.28. The molecule has 0 heterocycles. The fourth-order valence-electron chi connectivity index (χ4n) is 1.40. The first-order chi connectivity index (χ1) is 5.91. The molecule has 0 rings (SSSR count). The standard InChI is InChI=1S/C11H24P/c1-3-4-5-6-7-8-9-10-11-12-2/h3-11H2,1-2H3. The fourth-order valence-corrected chi connectivity index (χ4v) is 1.94. The molecule has 0 aromatic carbocycles. The van der Waals surface area contributed by atoms with Crippen LogP contribution >= 0.6 is 8.58 Å². The summed E-state index contributed by atoms with van der Waals surface area (Å²) in [4.78, 5) is 0. The van der Waals surface area contributed by atoms with Crippen molar-refractivity contribution >= 4 is 8.58 Å². The molecule has 0 aromatic rings. The van der Waals surface area contributed by atoms with Crippen molar-refractivity contribution < 1.29 is 0 Å². The maximum absolute atomic E-state index is 2.28. The van der Waals surface area contributed by atoms with Crippen LogP contribution in [0.25, 0.3) is 0 Å². The van der Waals surface area contributed by atoms with Crippen LogP contribution in [0, 0.1) is 0 Å². The molecular formula is C11H24P. The van der Waals surface area contributed by atoms with Gasteiger partial charge in [-0.15, -0.1) is 0 Å². The highest BCUT2D eigenvalue weighted by Gasteiger charge is 1.90. The zero-order chi connectivity index (χ0) is 9.07. The van der Waals surface area contributed by atoms with E-state index in [-0.39, 0.29) is 0 Å². The molecular weight excluding hydrogens is 163 g/mol. The van der Waals surface area contributed by atoms with Gasteiger partial charge in [-0.25, -0.2) is 0 Å². The minimum atomic E-state index is 1.37. The number of unbranched alkanes of at least 4 members (excludes halogenated alkanes) is 7. The molecule has 0 aromatic heterocycles. The first-order valence-electron chi connectivity index (χ1n) is 5.47. The second kappa shape index (κ2) is 11.4. The van der Waals surface area contributed by atoms with Crippen LogP contribution in [-0.2, 0) is 0 Å². The van der Waals surface area contributed by atoms with E-state index >= 15 is 0 Å². The second-order valence-electron chi connectivity index (χ2n) is 3.51. The van der Waals surface area contributed by atoms with Crippen LogP contribution in [-0.4, -0.2) is 12.8 Å². The number of hydrogen-bond donors (Lipinski definition) is 0. The monoisotopic (exact) mass is 187 g/mol. The van der Waals surface area contributed by atoms with Crippen molar-refractivity contribution in [1.82, 2.24) is 0 Å². The van der Waals surface area contributed by atoms with Crippen molar-refractivity contribution in [1.29, 1.82) is 0 Å². The van der Waals surface area contributed by atoms with Gasteiger partial charge in [0.2, 0.25) is 0 Å². The van der Waals surface area contributed by atoms with E-state index in [0.29, 0.717) is 0 Å². The number of rotatable bonds is 9.